The molecule has 0 bridgehead atoms. The zero-order chi connectivity index (χ0) is 11.5. The molecule has 1 aromatic rings. The molecule has 0 saturated heterocycles. The smallest absolute Gasteiger partial charge is 0.254 e. The van der Waals surface area contributed by atoms with Gasteiger partial charge in [-0.05, 0) is 27.9 Å². The van der Waals surface area contributed by atoms with Crippen LogP contribution in [0.1, 0.15) is 24.2 Å². The molecule has 0 aliphatic rings. The van der Waals surface area contributed by atoms with Crippen molar-refractivity contribution in [3.8, 4) is 0 Å². The van der Waals surface area contributed by atoms with E-state index in [0.717, 1.165) is 0 Å². The lowest BCUT2D eigenvalue weighted by Crippen LogP contribution is -2.48. The number of hydrogen-bond acceptors (Lipinski definition) is 3. The molecule has 0 spiro atoms. The highest BCUT2D eigenvalue weighted by Gasteiger charge is 2.21. The predicted molar refractivity (Wildman–Crippen MR) is 58.7 cm³/mol. The van der Waals surface area contributed by atoms with E-state index in [-0.39, 0.29) is 11.4 Å². The standard InChI is InChI=1S/C10H18N4O/c1-10(2,14(3)4)7-11-9(15)8-5-12-13-6-8/h5-6H,7H2,1-4H3,(H,11,15)(H,12,13). The number of nitrogens with one attached hydrogen (secondary N) is 2. The summed E-state index contributed by atoms with van der Waals surface area (Å²) in [4.78, 5) is 13.7. The van der Waals surface area contributed by atoms with Crippen LogP contribution in [0.5, 0.6) is 0 Å². The Morgan fingerprint density at radius 3 is 2.73 bits per heavy atom. The minimum absolute atomic E-state index is 0.0562. The van der Waals surface area contributed by atoms with Crippen molar-refractivity contribution in [3.05, 3.63) is 18.0 Å². The van der Waals surface area contributed by atoms with Crippen molar-refractivity contribution in [2.24, 2.45) is 0 Å². The zero-order valence-corrected chi connectivity index (χ0v) is 9.66. The molecule has 0 fully saturated rings. The highest BCUT2D eigenvalue weighted by molar-refractivity contribution is 5.93. The van der Waals surface area contributed by atoms with Crippen molar-refractivity contribution in [2.45, 2.75) is 19.4 Å². The lowest BCUT2D eigenvalue weighted by molar-refractivity contribution is 0.0920. The van der Waals surface area contributed by atoms with E-state index in [1.165, 1.54) is 6.20 Å². The Balaban J connectivity index is 2.48. The largest absolute Gasteiger partial charge is 0.350 e. The second-order valence-electron chi connectivity index (χ2n) is 4.38. The molecule has 1 heterocycles. The molecule has 1 rings (SSSR count). The molecule has 0 unspecified atom stereocenters. The van der Waals surface area contributed by atoms with E-state index in [0.29, 0.717) is 12.1 Å². The first-order valence-electron chi connectivity index (χ1n) is 4.88. The predicted octanol–water partition coefficient (Wildman–Crippen LogP) is 0.480. The van der Waals surface area contributed by atoms with Crippen LogP contribution in [0.15, 0.2) is 12.4 Å². The SMILES string of the molecule is CN(C)C(C)(C)CNC(=O)c1cn[nH]c1. The van der Waals surface area contributed by atoms with Crippen LogP contribution in [0.3, 0.4) is 0 Å². The fourth-order valence-corrected chi connectivity index (χ4v) is 0.932. The van der Waals surface area contributed by atoms with Gasteiger partial charge in [-0.3, -0.25) is 9.89 Å². The first kappa shape index (κ1) is 11.7. The molecule has 5 nitrogen and oxygen atoms in total. The maximum atomic E-state index is 11.6. The van der Waals surface area contributed by atoms with Gasteiger partial charge in [-0.1, -0.05) is 0 Å². The van der Waals surface area contributed by atoms with Crippen molar-refractivity contribution < 1.29 is 4.79 Å². The van der Waals surface area contributed by atoms with Gasteiger partial charge in [0.2, 0.25) is 0 Å². The Kier molecular flexibility index (Phi) is 3.47. The average molecular weight is 210 g/mol. The zero-order valence-electron chi connectivity index (χ0n) is 9.66. The van der Waals surface area contributed by atoms with Crippen molar-refractivity contribution in [2.75, 3.05) is 20.6 Å². The van der Waals surface area contributed by atoms with Crippen molar-refractivity contribution in [1.82, 2.24) is 20.4 Å². The summed E-state index contributed by atoms with van der Waals surface area (Å²) in [7, 11) is 3.98. The molecule has 0 aliphatic heterocycles. The fourth-order valence-electron chi connectivity index (χ4n) is 0.932. The number of aromatic amines is 1. The minimum Gasteiger partial charge on any atom is -0.350 e. The van der Waals surface area contributed by atoms with Crippen molar-refractivity contribution in [3.63, 3.8) is 0 Å². The van der Waals surface area contributed by atoms with Crippen LogP contribution in [0, 0.1) is 0 Å². The van der Waals surface area contributed by atoms with E-state index in [4.69, 9.17) is 0 Å². The Bertz CT molecular complexity index is 316. The lowest BCUT2D eigenvalue weighted by Gasteiger charge is -2.32. The maximum absolute atomic E-state index is 11.6. The Morgan fingerprint density at radius 1 is 1.60 bits per heavy atom. The molecule has 2 N–H and O–H groups in total. The number of nitrogens with zero attached hydrogens (tertiary/aromatic N) is 2. The summed E-state index contributed by atoms with van der Waals surface area (Å²) < 4.78 is 0. The van der Waals surface area contributed by atoms with Gasteiger partial charge in [0.25, 0.3) is 5.91 Å². The first-order valence-corrected chi connectivity index (χ1v) is 4.88. The van der Waals surface area contributed by atoms with E-state index in [1.54, 1.807) is 6.20 Å². The highest BCUT2D eigenvalue weighted by Crippen LogP contribution is 2.08. The molecule has 84 valence electrons. The van der Waals surface area contributed by atoms with Gasteiger partial charge in [0.15, 0.2) is 0 Å². The number of likely N-dealkylation sites (N-methyl/N-ethyl adjacent to an activating group) is 1. The molecular weight excluding hydrogens is 192 g/mol. The van der Waals surface area contributed by atoms with Crippen LogP contribution >= 0.6 is 0 Å². The summed E-state index contributed by atoms with van der Waals surface area (Å²) in [6.07, 6.45) is 3.09. The molecule has 0 atom stereocenters. The molecule has 0 saturated carbocycles. The number of amides is 1. The first-order chi connectivity index (χ1) is 6.93. The minimum atomic E-state index is -0.0984. The van der Waals surface area contributed by atoms with E-state index in [9.17, 15) is 4.79 Å². The molecular formula is C10H18N4O. The van der Waals surface area contributed by atoms with Gasteiger partial charge in [0, 0.05) is 18.3 Å². The van der Waals surface area contributed by atoms with Gasteiger partial charge < -0.3 is 10.2 Å². The van der Waals surface area contributed by atoms with Crippen LogP contribution in [-0.2, 0) is 0 Å². The average Bonchev–Trinajstić information content (AvgIpc) is 2.66. The Morgan fingerprint density at radius 2 is 2.27 bits per heavy atom. The number of rotatable bonds is 4. The van der Waals surface area contributed by atoms with Gasteiger partial charge in [-0.2, -0.15) is 5.10 Å². The number of hydrogen-bond donors (Lipinski definition) is 2. The van der Waals surface area contributed by atoms with Crippen LogP contribution in [0.25, 0.3) is 0 Å². The van der Waals surface area contributed by atoms with Crippen LogP contribution < -0.4 is 5.32 Å². The Hall–Kier alpha value is -1.36. The summed E-state index contributed by atoms with van der Waals surface area (Å²) in [5.41, 5.74) is 0.504. The molecule has 1 amide bonds. The van der Waals surface area contributed by atoms with Crippen LogP contribution in [0.4, 0.5) is 0 Å². The molecule has 0 aromatic carbocycles. The van der Waals surface area contributed by atoms with E-state index in [1.807, 2.05) is 14.1 Å². The molecule has 0 aliphatic carbocycles. The van der Waals surface area contributed by atoms with Gasteiger partial charge in [-0.15, -0.1) is 0 Å². The molecule has 1 aromatic heterocycles. The number of carbonyl (C=O) groups excluding carboxylic acids is 1. The highest BCUT2D eigenvalue weighted by atomic mass is 16.1. The quantitative estimate of drug-likeness (QED) is 0.760. The molecule has 0 radical (unpaired) electrons. The topological polar surface area (TPSA) is 61.0 Å². The lowest BCUT2D eigenvalue weighted by atomic mass is 10.0. The Labute approximate surface area is 89.9 Å². The fraction of sp³-hybridized carbons (Fsp3) is 0.600. The maximum Gasteiger partial charge on any atom is 0.254 e. The summed E-state index contributed by atoms with van der Waals surface area (Å²) >= 11 is 0. The third kappa shape index (κ3) is 3.06. The van der Waals surface area contributed by atoms with E-state index < -0.39 is 0 Å². The number of carbonyl (C=O) groups is 1. The second kappa shape index (κ2) is 4.44. The number of aromatic nitrogens is 2. The van der Waals surface area contributed by atoms with Gasteiger partial charge in [0.05, 0.1) is 11.8 Å². The summed E-state index contributed by atoms with van der Waals surface area (Å²) in [6.45, 7) is 4.75. The van der Waals surface area contributed by atoms with E-state index in [2.05, 4.69) is 34.3 Å². The molecule has 15 heavy (non-hydrogen) atoms. The third-order valence-corrected chi connectivity index (χ3v) is 2.65. The van der Waals surface area contributed by atoms with Crippen LogP contribution in [-0.4, -0.2) is 47.2 Å². The number of H-pyrrole nitrogens is 1. The monoisotopic (exact) mass is 210 g/mol. The molecule has 5 heteroatoms. The summed E-state index contributed by atoms with van der Waals surface area (Å²) in [5, 5.41) is 9.20. The van der Waals surface area contributed by atoms with Gasteiger partial charge in [0.1, 0.15) is 0 Å². The van der Waals surface area contributed by atoms with Crippen molar-refractivity contribution >= 4 is 5.91 Å². The van der Waals surface area contributed by atoms with Gasteiger partial charge in [-0.25, -0.2) is 0 Å². The van der Waals surface area contributed by atoms with Crippen molar-refractivity contribution in [1.29, 1.82) is 0 Å². The summed E-state index contributed by atoms with van der Waals surface area (Å²) in [5.74, 6) is -0.0984. The third-order valence-electron chi connectivity index (χ3n) is 2.65. The van der Waals surface area contributed by atoms with E-state index >= 15 is 0 Å². The normalized spacial score (nSPS) is 11.8. The van der Waals surface area contributed by atoms with Gasteiger partial charge >= 0.3 is 0 Å². The van der Waals surface area contributed by atoms with Crippen LogP contribution in [0.2, 0.25) is 0 Å². The second-order valence-corrected chi connectivity index (χ2v) is 4.38. The summed E-state index contributed by atoms with van der Waals surface area (Å²) in [6, 6.07) is 0.